The van der Waals surface area contributed by atoms with Gasteiger partial charge < -0.3 is 5.11 Å². The highest BCUT2D eigenvalue weighted by atomic mass is 35.5. The number of benzene rings is 1. The lowest BCUT2D eigenvalue weighted by atomic mass is 10.1. The van der Waals surface area contributed by atoms with Crippen LogP contribution in [0.3, 0.4) is 0 Å². The van der Waals surface area contributed by atoms with Crippen molar-refractivity contribution < 1.29 is 5.11 Å². The van der Waals surface area contributed by atoms with Gasteiger partial charge in [0.2, 0.25) is 0 Å². The summed E-state index contributed by atoms with van der Waals surface area (Å²) >= 11 is 11.4. The number of halogens is 2. The molecule has 0 aliphatic heterocycles. The molecule has 0 bridgehead atoms. The molecule has 0 amide bonds. The van der Waals surface area contributed by atoms with E-state index in [-0.39, 0.29) is 16.1 Å². The molecule has 1 aromatic carbocycles. The second-order valence-electron chi connectivity index (χ2n) is 3.34. The van der Waals surface area contributed by atoms with E-state index < -0.39 is 0 Å². The van der Waals surface area contributed by atoms with E-state index in [1.807, 2.05) is 31.2 Å². The van der Waals surface area contributed by atoms with Crippen molar-refractivity contribution in [3.8, 4) is 17.1 Å². The maximum absolute atomic E-state index is 9.33. The summed E-state index contributed by atoms with van der Waals surface area (Å²) in [5.74, 6) is 0.104. The molecule has 1 N–H and O–H groups in total. The molecule has 5 heteroatoms. The molecule has 2 aromatic rings. The highest BCUT2D eigenvalue weighted by Gasteiger charge is 2.11. The van der Waals surface area contributed by atoms with E-state index in [1.165, 1.54) is 0 Å². The molecule has 82 valence electrons. The Hall–Kier alpha value is -1.32. The molecule has 0 radical (unpaired) electrons. The van der Waals surface area contributed by atoms with Gasteiger partial charge in [-0.2, -0.15) is 0 Å². The van der Waals surface area contributed by atoms with Gasteiger partial charge in [0.25, 0.3) is 0 Å². The van der Waals surface area contributed by atoms with Gasteiger partial charge in [-0.3, -0.25) is 0 Å². The number of hydrogen-bond donors (Lipinski definition) is 1. The molecule has 0 atom stereocenters. The topological polar surface area (TPSA) is 46.0 Å². The van der Waals surface area contributed by atoms with Crippen molar-refractivity contribution in [2.75, 3.05) is 0 Å². The molecule has 0 fully saturated rings. The van der Waals surface area contributed by atoms with Gasteiger partial charge in [-0.1, -0.05) is 53.0 Å². The Morgan fingerprint density at radius 2 is 1.50 bits per heavy atom. The van der Waals surface area contributed by atoms with Crippen LogP contribution in [0.5, 0.6) is 5.75 Å². The van der Waals surface area contributed by atoms with Crippen molar-refractivity contribution in [2.24, 2.45) is 0 Å². The molecule has 0 aliphatic carbocycles. The monoisotopic (exact) mass is 254 g/mol. The average Bonchev–Trinajstić information content (AvgIpc) is 2.26. The highest BCUT2D eigenvalue weighted by Crippen LogP contribution is 2.30. The molecular weight excluding hydrogens is 247 g/mol. The van der Waals surface area contributed by atoms with Crippen LogP contribution in [0.25, 0.3) is 11.4 Å². The van der Waals surface area contributed by atoms with Gasteiger partial charge in [0, 0.05) is 5.56 Å². The number of aryl methyl sites for hydroxylation is 1. The van der Waals surface area contributed by atoms with E-state index in [2.05, 4.69) is 9.97 Å². The molecule has 16 heavy (non-hydrogen) atoms. The van der Waals surface area contributed by atoms with E-state index in [0.717, 1.165) is 11.1 Å². The molecule has 0 saturated carbocycles. The molecular formula is C11H8Cl2N2O. The summed E-state index contributed by atoms with van der Waals surface area (Å²) in [6, 6.07) is 7.61. The van der Waals surface area contributed by atoms with Crippen LogP contribution in [0.4, 0.5) is 0 Å². The van der Waals surface area contributed by atoms with Gasteiger partial charge in [0.1, 0.15) is 0 Å². The minimum absolute atomic E-state index is 0.0458. The van der Waals surface area contributed by atoms with Crippen molar-refractivity contribution in [3.63, 3.8) is 0 Å². The quantitative estimate of drug-likeness (QED) is 0.793. The molecule has 0 saturated heterocycles. The fraction of sp³-hybridized carbons (Fsp3) is 0.0909. The Kier molecular flexibility index (Phi) is 2.99. The highest BCUT2D eigenvalue weighted by molar-refractivity contribution is 6.35. The van der Waals surface area contributed by atoms with Crippen LogP contribution in [0.2, 0.25) is 10.3 Å². The number of rotatable bonds is 1. The second-order valence-corrected chi connectivity index (χ2v) is 4.06. The van der Waals surface area contributed by atoms with Gasteiger partial charge in [-0.25, -0.2) is 9.97 Å². The molecule has 0 spiro atoms. The summed E-state index contributed by atoms with van der Waals surface area (Å²) in [7, 11) is 0. The zero-order chi connectivity index (χ0) is 11.7. The Morgan fingerprint density at radius 1 is 1.00 bits per heavy atom. The van der Waals surface area contributed by atoms with Crippen LogP contribution in [0.15, 0.2) is 24.3 Å². The molecule has 1 aromatic heterocycles. The smallest absolute Gasteiger partial charge is 0.191 e. The summed E-state index contributed by atoms with van der Waals surface area (Å²) < 4.78 is 0. The zero-order valence-electron chi connectivity index (χ0n) is 8.41. The Labute approximate surface area is 103 Å². The fourth-order valence-electron chi connectivity index (χ4n) is 1.23. The SMILES string of the molecule is Cc1ccc(-c2nc(Cl)c(O)c(Cl)n2)cc1. The first-order valence-corrected chi connectivity index (χ1v) is 5.32. The van der Waals surface area contributed by atoms with Crippen LogP contribution in [-0.2, 0) is 0 Å². The minimum Gasteiger partial charge on any atom is -0.503 e. The van der Waals surface area contributed by atoms with E-state index in [0.29, 0.717) is 5.82 Å². The largest absolute Gasteiger partial charge is 0.503 e. The Morgan fingerprint density at radius 3 is 2.00 bits per heavy atom. The third-order valence-electron chi connectivity index (χ3n) is 2.11. The Bertz CT molecular complexity index is 503. The first-order chi connectivity index (χ1) is 7.58. The van der Waals surface area contributed by atoms with Crippen molar-refractivity contribution in [1.82, 2.24) is 9.97 Å². The van der Waals surface area contributed by atoms with E-state index in [9.17, 15) is 5.11 Å². The average molecular weight is 255 g/mol. The molecule has 0 aliphatic rings. The number of nitrogens with zero attached hydrogens (tertiary/aromatic N) is 2. The molecule has 1 heterocycles. The van der Waals surface area contributed by atoms with Gasteiger partial charge >= 0.3 is 0 Å². The maximum Gasteiger partial charge on any atom is 0.191 e. The van der Waals surface area contributed by atoms with Crippen LogP contribution in [0, 0.1) is 6.92 Å². The number of hydrogen-bond acceptors (Lipinski definition) is 3. The first kappa shape index (κ1) is 11.2. The van der Waals surface area contributed by atoms with E-state index >= 15 is 0 Å². The normalized spacial score (nSPS) is 10.4. The molecule has 2 rings (SSSR count). The van der Waals surface area contributed by atoms with Crippen LogP contribution >= 0.6 is 23.2 Å². The van der Waals surface area contributed by atoms with E-state index in [1.54, 1.807) is 0 Å². The van der Waals surface area contributed by atoms with Crippen LogP contribution in [-0.4, -0.2) is 15.1 Å². The van der Waals surface area contributed by atoms with Gasteiger partial charge in [-0.05, 0) is 6.92 Å². The van der Waals surface area contributed by atoms with Crippen LogP contribution in [0.1, 0.15) is 5.56 Å². The number of aromatic nitrogens is 2. The van der Waals surface area contributed by atoms with Gasteiger partial charge in [0.15, 0.2) is 21.9 Å². The van der Waals surface area contributed by atoms with Gasteiger partial charge in [0.05, 0.1) is 0 Å². The van der Waals surface area contributed by atoms with Crippen molar-refractivity contribution in [2.45, 2.75) is 6.92 Å². The van der Waals surface area contributed by atoms with Gasteiger partial charge in [-0.15, -0.1) is 0 Å². The molecule has 3 nitrogen and oxygen atoms in total. The second kappa shape index (κ2) is 4.28. The lowest BCUT2D eigenvalue weighted by Gasteiger charge is -2.03. The minimum atomic E-state index is -0.292. The number of aromatic hydroxyl groups is 1. The first-order valence-electron chi connectivity index (χ1n) is 4.57. The fourth-order valence-corrected chi connectivity index (χ4v) is 1.62. The predicted octanol–water partition coefficient (Wildman–Crippen LogP) is 3.46. The third kappa shape index (κ3) is 2.10. The predicted molar refractivity (Wildman–Crippen MR) is 63.9 cm³/mol. The zero-order valence-corrected chi connectivity index (χ0v) is 9.92. The maximum atomic E-state index is 9.33. The third-order valence-corrected chi connectivity index (χ3v) is 2.64. The molecule has 0 unspecified atom stereocenters. The van der Waals surface area contributed by atoms with Crippen LogP contribution < -0.4 is 0 Å². The van der Waals surface area contributed by atoms with Crippen molar-refractivity contribution in [3.05, 3.63) is 40.1 Å². The lowest BCUT2D eigenvalue weighted by Crippen LogP contribution is -1.91. The standard InChI is InChI=1S/C11H8Cl2N2O/c1-6-2-4-7(5-3-6)11-14-9(12)8(16)10(13)15-11/h2-5,16H,1H3. The summed E-state index contributed by atoms with van der Waals surface area (Å²) in [5, 5.41) is 9.24. The lowest BCUT2D eigenvalue weighted by molar-refractivity contribution is 0.470. The van der Waals surface area contributed by atoms with Crippen molar-refractivity contribution >= 4 is 23.2 Å². The Balaban J connectivity index is 2.52. The summed E-state index contributed by atoms with van der Waals surface area (Å²) in [5.41, 5.74) is 1.94. The van der Waals surface area contributed by atoms with Crippen molar-refractivity contribution in [1.29, 1.82) is 0 Å². The summed E-state index contributed by atoms with van der Waals surface area (Å²) in [6.07, 6.45) is 0. The van der Waals surface area contributed by atoms with E-state index in [4.69, 9.17) is 23.2 Å². The summed E-state index contributed by atoms with van der Waals surface area (Å²) in [4.78, 5) is 7.91. The summed E-state index contributed by atoms with van der Waals surface area (Å²) in [6.45, 7) is 1.99.